The molecule has 3 heterocycles. The molecule has 20 heavy (non-hydrogen) atoms. The van der Waals surface area contributed by atoms with E-state index in [-0.39, 0.29) is 5.69 Å². The Balaban J connectivity index is 2.07. The van der Waals surface area contributed by atoms with E-state index in [1.807, 2.05) is 36.5 Å². The summed E-state index contributed by atoms with van der Waals surface area (Å²) in [4.78, 5) is 22.3. The fourth-order valence-electron chi connectivity index (χ4n) is 2.42. The molecular formula is C14H9BrN4O. The topological polar surface area (TPSA) is 66.5 Å². The Morgan fingerprint density at radius 3 is 2.95 bits per heavy atom. The molecule has 0 spiro atoms. The third kappa shape index (κ3) is 1.61. The van der Waals surface area contributed by atoms with Crippen LogP contribution in [0.5, 0.6) is 0 Å². The van der Waals surface area contributed by atoms with Crippen molar-refractivity contribution in [2.45, 2.75) is 0 Å². The van der Waals surface area contributed by atoms with E-state index in [0.717, 1.165) is 22.1 Å². The van der Waals surface area contributed by atoms with Gasteiger partial charge in [0.1, 0.15) is 4.60 Å². The number of nitrogens with zero attached hydrogens (tertiary/aromatic N) is 2. The number of rotatable bonds is 1. The molecule has 4 aromatic rings. The Hall–Kier alpha value is -2.34. The average molecular weight is 329 g/mol. The molecular weight excluding hydrogens is 320 g/mol. The minimum atomic E-state index is -0.171. The number of nitrogens with one attached hydrogen (secondary N) is 2. The predicted octanol–water partition coefficient (Wildman–Crippen LogP) is 2.96. The van der Waals surface area contributed by atoms with Gasteiger partial charge in [0, 0.05) is 17.1 Å². The lowest BCUT2D eigenvalue weighted by Crippen LogP contribution is -2.14. The van der Waals surface area contributed by atoms with Gasteiger partial charge in [0.15, 0.2) is 0 Å². The highest BCUT2D eigenvalue weighted by Gasteiger charge is 2.10. The van der Waals surface area contributed by atoms with Gasteiger partial charge < -0.3 is 9.97 Å². The summed E-state index contributed by atoms with van der Waals surface area (Å²) >= 11 is 3.34. The van der Waals surface area contributed by atoms with Gasteiger partial charge in [-0.3, -0.25) is 4.57 Å². The highest BCUT2D eigenvalue weighted by molar-refractivity contribution is 9.10. The van der Waals surface area contributed by atoms with E-state index in [9.17, 15) is 4.79 Å². The second-order valence-corrected chi connectivity index (χ2v) is 5.35. The van der Waals surface area contributed by atoms with Crippen LogP contribution in [-0.2, 0) is 0 Å². The molecule has 0 aliphatic heterocycles. The Morgan fingerprint density at radius 2 is 2.05 bits per heavy atom. The number of imidazole rings is 1. The van der Waals surface area contributed by atoms with Crippen LogP contribution in [0.4, 0.5) is 0 Å². The van der Waals surface area contributed by atoms with Gasteiger partial charge in [-0.15, -0.1) is 0 Å². The number of benzene rings is 1. The first-order valence-corrected chi connectivity index (χ1v) is 6.85. The smallest absolute Gasteiger partial charge is 0.331 e. The molecule has 0 bridgehead atoms. The lowest BCUT2D eigenvalue weighted by molar-refractivity contribution is 1.02. The maximum Gasteiger partial charge on any atom is 0.331 e. The van der Waals surface area contributed by atoms with Crippen molar-refractivity contribution in [2.75, 3.05) is 0 Å². The fourth-order valence-corrected chi connectivity index (χ4v) is 2.74. The Kier molecular flexibility index (Phi) is 2.34. The molecule has 0 aliphatic carbocycles. The summed E-state index contributed by atoms with van der Waals surface area (Å²) in [6.45, 7) is 0. The van der Waals surface area contributed by atoms with Gasteiger partial charge in [0.2, 0.25) is 0 Å². The first kappa shape index (κ1) is 11.5. The summed E-state index contributed by atoms with van der Waals surface area (Å²) in [7, 11) is 0. The van der Waals surface area contributed by atoms with Crippen LogP contribution < -0.4 is 5.69 Å². The van der Waals surface area contributed by atoms with Crippen LogP contribution in [-0.4, -0.2) is 19.5 Å². The molecule has 0 amide bonds. The largest absolute Gasteiger partial charge is 0.361 e. The molecule has 2 N–H and O–H groups in total. The van der Waals surface area contributed by atoms with Crippen LogP contribution in [0.1, 0.15) is 0 Å². The highest BCUT2D eigenvalue weighted by Crippen LogP contribution is 2.21. The van der Waals surface area contributed by atoms with Crippen LogP contribution in [0.25, 0.3) is 27.6 Å². The van der Waals surface area contributed by atoms with Crippen molar-refractivity contribution in [1.29, 1.82) is 0 Å². The number of fused-ring (bicyclic) bond motifs is 2. The van der Waals surface area contributed by atoms with Crippen molar-refractivity contribution in [3.63, 3.8) is 0 Å². The van der Waals surface area contributed by atoms with Gasteiger partial charge in [-0.2, -0.15) is 0 Å². The van der Waals surface area contributed by atoms with E-state index in [1.165, 1.54) is 0 Å². The van der Waals surface area contributed by atoms with Crippen molar-refractivity contribution < 1.29 is 0 Å². The summed E-state index contributed by atoms with van der Waals surface area (Å²) < 4.78 is 2.34. The molecule has 0 atom stereocenters. The highest BCUT2D eigenvalue weighted by atomic mass is 79.9. The zero-order valence-corrected chi connectivity index (χ0v) is 11.8. The van der Waals surface area contributed by atoms with Crippen LogP contribution in [0.2, 0.25) is 0 Å². The normalized spacial score (nSPS) is 11.4. The van der Waals surface area contributed by atoms with Crippen molar-refractivity contribution >= 4 is 37.9 Å². The van der Waals surface area contributed by atoms with Gasteiger partial charge in [0.05, 0.1) is 22.9 Å². The number of halogens is 1. The Morgan fingerprint density at radius 1 is 1.15 bits per heavy atom. The third-order valence-corrected chi connectivity index (χ3v) is 3.76. The van der Waals surface area contributed by atoms with E-state index in [0.29, 0.717) is 10.1 Å². The summed E-state index contributed by atoms with van der Waals surface area (Å²) in [5, 5.41) is 1.07. The van der Waals surface area contributed by atoms with E-state index in [4.69, 9.17) is 0 Å². The number of hydrogen-bond acceptors (Lipinski definition) is 2. The van der Waals surface area contributed by atoms with Crippen LogP contribution >= 0.6 is 15.9 Å². The number of pyridine rings is 1. The number of hydrogen-bond donors (Lipinski definition) is 2. The van der Waals surface area contributed by atoms with Gasteiger partial charge in [0.25, 0.3) is 0 Å². The molecule has 0 saturated heterocycles. The van der Waals surface area contributed by atoms with E-state index in [2.05, 4.69) is 30.9 Å². The molecule has 6 heteroatoms. The Bertz CT molecular complexity index is 995. The minimum absolute atomic E-state index is 0.171. The summed E-state index contributed by atoms with van der Waals surface area (Å²) in [5.74, 6) is 0. The first-order chi connectivity index (χ1) is 9.72. The predicted molar refractivity (Wildman–Crippen MR) is 81.2 cm³/mol. The molecule has 0 saturated carbocycles. The first-order valence-electron chi connectivity index (χ1n) is 6.06. The number of aromatic nitrogens is 4. The van der Waals surface area contributed by atoms with Crippen molar-refractivity contribution in [1.82, 2.24) is 19.5 Å². The molecule has 98 valence electrons. The fraction of sp³-hybridized carbons (Fsp3) is 0. The van der Waals surface area contributed by atoms with E-state index in [1.54, 1.807) is 10.8 Å². The number of aromatic amines is 2. The van der Waals surface area contributed by atoms with Crippen LogP contribution in [0.15, 0.2) is 52.1 Å². The maximum atomic E-state index is 12.2. The molecule has 0 aliphatic rings. The van der Waals surface area contributed by atoms with Gasteiger partial charge >= 0.3 is 5.69 Å². The van der Waals surface area contributed by atoms with E-state index >= 15 is 0 Å². The SMILES string of the molecule is O=c1[nH]c2cnc(Br)cc2n1-c1ccc2[nH]ccc2c1. The van der Waals surface area contributed by atoms with Crippen LogP contribution in [0, 0.1) is 0 Å². The molecule has 1 aromatic carbocycles. The van der Waals surface area contributed by atoms with Gasteiger partial charge in [-0.1, -0.05) is 0 Å². The summed E-state index contributed by atoms with van der Waals surface area (Å²) in [6.07, 6.45) is 3.53. The average Bonchev–Trinajstić information content (AvgIpc) is 3.00. The zero-order valence-electron chi connectivity index (χ0n) is 10.2. The monoisotopic (exact) mass is 328 g/mol. The number of H-pyrrole nitrogens is 2. The lowest BCUT2D eigenvalue weighted by Gasteiger charge is -2.03. The molecule has 5 nitrogen and oxygen atoms in total. The standard InChI is InChI=1S/C14H9BrN4O/c15-13-6-12-11(7-17-13)18-14(20)19(12)9-1-2-10-8(5-9)3-4-16-10/h1-7,16H,(H,18,20). The maximum absolute atomic E-state index is 12.2. The molecule has 3 aromatic heterocycles. The second-order valence-electron chi connectivity index (χ2n) is 4.54. The lowest BCUT2D eigenvalue weighted by atomic mass is 10.2. The summed E-state index contributed by atoms with van der Waals surface area (Å²) in [6, 6.07) is 9.67. The van der Waals surface area contributed by atoms with Crippen molar-refractivity contribution in [2.24, 2.45) is 0 Å². The Labute approximate surface area is 121 Å². The van der Waals surface area contributed by atoms with Crippen LogP contribution in [0.3, 0.4) is 0 Å². The molecule has 4 rings (SSSR count). The second kappa shape index (κ2) is 4.08. The van der Waals surface area contributed by atoms with E-state index < -0.39 is 0 Å². The molecule has 0 fully saturated rings. The molecule has 0 unspecified atom stereocenters. The van der Waals surface area contributed by atoms with Crippen molar-refractivity contribution in [3.05, 3.63) is 57.8 Å². The van der Waals surface area contributed by atoms with Gasteiger partial charge in [-0.05, 0) is 46.3 Å². The zero-order chi connectivity index (χ0) is 13.7. The quantitative estimate of drug-likeness (QED) is 0.527. The minimum Gasteiger partial charge on any atom is -0.361 e. The van der Waals surface area contributed by atoms with Gasteiger partial charge in [-0.25, -0.2) is 9.78 Å². The molecule has 0 radical (unpaired) electrons. The summed E-state index contributed by atoms with van der Waals surface area (Å²) in [5.41, 5.74) is 3.21. The third-order valence-electron chi connectivity index (χ3n) is 3.33. The van der Waals surface area contributed by atoms with Crippen molar-refractivity contribution in [3.8, 4) is 5.69 Å².